The molecule has 0 fully saturated rings. The molecule has 1 aromatic carbocycles. The third kappa shape index (κ3) is 2.96. The molecule has 0 unspecified atom stereocenters. The van der Waals surface area contributed by atoms with Gasteiger partial charge in [-0.1, -0.05) is 22.9 Å². The molecular formula is C10H8BrF4NO. The van der Waals surface area contributed by atoms with E-state index in [1.54, 1.807) is 12.2 Å². The molecule has 0 heterocycles. The highest BCUT2D eigenvalue weighted by Crippen LogP contribution is 2.24. The van der Waals surface area contributed by atoms with Crippen LogP contribution in [-0.2, 0) is 4.79 Å². The van der Waals surface area contributed by atoms with Crippen LogP contribution in [0, 0.1) is 23.3 Å². The summed E-state index contributed by atoms with van der Waals surface area (Å²) in [6.45, 7) is 1.65. The predicted octanol–water partition coefficient (Wildman–Crippen LogP) is 3.36. The van der Waals surface area contributed by atoms with E-state index in [1.807, 2.05) is 0 Å². The summed E-state index contributed by atoms with van der Waals surface area (Å²) in [6, 6.07) is 0.0752. The van der Waals surface area contributed by atoms with Crippen molar-refractivity contribution in [3.63, 3.8) is 0 Å². The van der Waals surface area contributed by atoms with Gasteiger partial charge in [-0.3, -0.25) is 4.79 Å². The molecule has 0 spiro atoms. The lowest BCUT2D eigenvalue weighted by Gasteiger charge is -2.11. The van der Waals surface area contributed by atoms with Crippen molar-refractivity contribution in [3.8, 4) is 0 Å². The van der Waals surface area contributed by atoms with Crippen LogP contribution in [-0.4, -0.2) is 10.7 Å². The SMILES string of the molecule is CC[C@H](Br)C(=O)Nc1c(F)c(F)cc(F)c1F. The molecule has 7 heteroatoms. The van der Waals surface area contributed by atoms with Crippen molar-refractivity contribution in [1.29, 1.82) is 0 Å². The third-order valence-corrected chi connectivity index (χ3v) is 3.07. The van der Waals surface area contributed by atoms with Crippen LogP contribution in [0.25, 0.3) is 0 Å². The first kappa shape index (κ1) is 14.0. The lowest BCUT2D eigenvalue weighted by atomic mass is 10.2. The summed E-state index contributed by atoms with van der Waals surface area (Å²) in [5.41, 5.74) is -1.12. The summed E-state index contributed by atoms with van der Waals surface area (Å²) in [6.07, 6.45) is 0.354. The Kier molecular flexibility index (Phi) is 4.50. The minimum absolute atomic E-state index is 0.0752. The molecule has 0 saturated carbocycles. The Morgan fingerprint density at radius 1 is 1.29 bits per heavy atom. The molecular weight excluding hydrogens is 306 g/mol. The van der Waals surface area contributed by atoms with E-state index in [-0.39, 0.29) is 6.07 Å². The van der Waals surface area contributed by atoms with Gasteiger partial charge in [0.1, 0.15) is 5.69 Å². The highest BCUT2D eigenvalue weighted by atomic mass is 79.9. The van der Waals surface area contributed by atoms with E-state index in [9.17, 15) is 22.4 Å². The first-order valence-electron chi connectivity index (χ1n) is 4.66. The van der Waals surface area contributed by atoms with Crippen LogP contribution >= 0.6 is 15.9 Å². The standard InChI is InChI=1S/C10H8BrF4NO/c1-2-4(11)10(17)16-9-7(14)5(12)3-6(13)8(9)15/h3-4H,2H2,1H3,(H,16,17)/t4-/m0/s1. The molecule has 0 bridgehead atoms. The Morgan fingerprint density at radius 3 is 2.18 bits per heavy atom. The molecule has 0 saturated heterocycles. The molecule has 1 rings (SSSR count). The number of nitrogens with one attached hydrogen (secondary N) is 1. The highest BCUT2D eigenvalue weighted by molar-refractivity contribution is 9.10. The summed E-state index contributed by atoms with van der Waals surface area (Å²) in [5, 5.41) is 1.80. The van der Waals surface area contributed by atoms with Gasteiger partial charge in [-0.15, -0.1) is 0 Å². The van der Waals surface area contributed by atoms with Crippen LogP contribution in [0.15, 0.2) is 6.07 Å². The number of anilines is 1. The first-order chi connectivity index (χ1) is 7.88. The van der Waals surface area contributed by atoms with Gasteiger partial charge >= 0.3 is 0 Å². The van der Waals surface area contributed by atoms with Crippen molar-refractivity contribution >= 4 is 27.5 Å². The van der Waals surface area contributed by atoms with Crippen LogP contribution in [0.5, 0.6) is 0 Å². The molecule has 0 aliphatic heterocycles. The lowest BCUT2D eigenvalue weighted by Crippen LogP contribution is -2.24. The van der Waals surface area contributed by atoms with E-state index < -0.39 is 39.7 Å². The normalized spacial score (nSPS) is 12.4. The Labute approximate surface area is 103 Å². The maximum atomic E-state index is 13.2. The zero-order chi connectivity index (χ0) is 13.2. The van der Waals surface area contributed by atoms with E-state index in [0.717, 1.165) is 0 Å². The second kappa shape index (κ2) is 5.48. The highest BCUT2D eigenvalue weighted by Gasteiger charge is 2.22. The van der Waals surface area contributed by atoms with Crippen LogP contribution in [0.2, 0.25) is 0 Å². The summed E-state index contributed by atoms with van der Waals surface area (Å²) >= 11 is 2.94. The Bertz CT molecular complexity index is 426. The van der Waals surface area contributed by atoms with Crippen molar-refractivity contribution in [3.05, 3.63) is 29.3 Å². The predicted molar refractivity (Wildman–Crippen MR) is 57.9 cm³/mol. The number of amides is 1. The van der Waals surface area contributed by atoms with Gasteiger partial charge in [0, 0.05) is 6.07 Å². The van der Waals surface area contributed by atoms with Gasteiger partial charge in [-0.05, 0) is 6.42 Å². The first-order valence-corrected chi connectivity index (χ1v) is 5.58. The van der Waals surface area contributed by atoms with E-state index in [4.69, 9.17) is 0 Å². The molecule has 1 N–H and O–H groups in total. The largest absolute Gasteiger partial charge is 0.320 e. The van der Waals surface area contributed by atoms with Gasteiger partial charge in [0.05, 0.1) is 4.83 Å². The minimum atomic E-state index is -1.63. The number of hydrogen-bond acceptors (Lipinski definition) is 1. The molecule has 1 aromatic rings. The van der Waals surface area contributed by atoms with Gasteiger partial charge in [0.25, 0.3) is 0 Å². The smallest absolute Gasteiger partial charge is 0.238 e. The quantitative estimate of drug-likeness (QED) is 0.517. The molecule has 17 heavy (non-hydrogen) atoms. The van der Waals surface area contributed by atoms with Gasteiger partial charge in [0.2, 0.25) is 5.91 Å². The van der Waals surface area contributed by atoms with E-state index >= 15 is 0 Å². The van der Waals surface area contributed by atoms with Gasteiger partial charge in [-0.25, -0.2) is 17.6 Å². The minimum Gasteiger partial charge on any atom is -0.320 e. The van der Waals surface area contributed by atoms with Crippen molar-refractivity contribution < 1.29 is 22.4 Å². The fourth-order valence-corrected chi connectivity index (χ4v) is 1.18. The van der Waals surface area contributed by atoms with Crippen LogP contribution in [0.3, 0.4) is 0 Å². The van der Waals surface area contributed by atoms with Crippen molar-refractivity contribution in [2.24, 2.45) is 0 Å². The fourth-order valence-electron chi connectivity index (χ4n) is 1.07. The fraction of sp³-hybridized carbons (Fsp3) is 0.300. The average Bonchev–Trinajstić information content (AvgIpc) is 2.30. The third-order valence-electron chi connectivity index (χ3n) is 2.00. The van der Waals surface area contributed by atoms with E-state index in [0.29, 0.717) is 6.42 Å². The monoisotopic (exact) mass is 313 g/mol. The topological polar surface area (TPSA) is 29.1 Å². The zero-order valence-corrected chi connectivity index (χ0v) is 10.2. The Balaban J connectivity index is 3.10. The average molecular weight is 314 g/mol. The molecule has 0 aliphatic rings. The second-order valence-corrected chi connectivity index (χ2v) is 4.31. The summed E-state index contributed by atoms with van der Waals surface area (Å²) < 4.78 is 51.9. The van der Waals surface area contributed by atoms with E-state index in [1.165, 1.54) is 0 Å². The second-order valence-electron chi connectivity index (χ2n) is 3.21. The molecule has 0 aromatic heterocycles. The number of benzene rings is 1. The lowest BCUT2D eigenvalue weighted by molar-refractivity contribution is -0.115. The molecule has 1 atom stereocenters. The number of hydrogen-bond donors (Lipinski definition) is 1. The Morgan fingerprint density at radius 2 is 1.76 bits per heavy atom. The number of alkyl halides is 1. The van der Waals surface area contributed by atoms with Gasteiger partial charge in [0.15, 0.2) is 23.3 Å². The van der Waals surface area contributed by atoms with Gasteiger partial charge in [-0.2, -0.15) is 0 Å². The molecule has 2 nitrogen and oxygen atoms in total. The van der Waals surface area contributed by atoms with Crippen LogP contribution < -0.4 is 5.32 Å². The van der Waals surface area contributed by atoms with Crippen LogP contribution in [0.4, 0.5) is 23.2 Å². The van der Waals surface area contributed by atoms with Gasteiger partial charge < -0.3 is 5.32 Å². The number of rotatable bonds is 3. The summed E-state index contributed by atoms with van der Waals surface area (Å²) in [7, 11) is 0. The van der Waals surface area contributed by atoms with Crippen molar-refractivity contribution in [1.82, 2.24) is 0 Å². The summed E-state index contributed by atoms with van der Waals surface area (Å²) in [5.74, 6) is -7.18. The molecule has 94 valence electrons. The van der Waals surface area contributed by atoms with E-state index in [2.05, 4.69) is 15.9 Å². The number of carbonyl (C=O) groups is 1. The molecule has 0 radical (unpaired) electrons. The van der Waals surface area contributed by atoms with Crippen molar-refractivity contribution in [2.75, 3.05) is 5.32 Å². The van der Waals surface area contributed by atoms with Crippen LogP contribution in [0.1, 0.15) is 13.3 Å². The number of carbonyl (C=O) groups excluding carboxylic acids is 1. The maximum absolute atomic E-state index is 13.2. The zero-order valence-electron chi connectivity index (χ0n) is 8.66. The maximum Gasteiger partial charge on any atom is 0.238 e. The molecule has 0 aliphatic carbocycles. The number of halogens is 5. The Hall–Kier alpha value is -1.11. The molecule has 1 amide bonds. The summed E-state index contributed by atoms with van der Waals surface area (Å²) in [4.78, 5) is 10.6. The van der Waals surface area contributed by atoms with Crippen molar-refractivity contribution in [2.45, 2.75) is 18.2 Å².